The van der Waals surface area contributed by atoms with Crippen molar-refractivity contribution in [2.24, 2.45) is 0 Å². The first-order valence-electron chi connectivity index (χ1n) is 15.1. The number of halogens is 2. The van der Waals surface area contributed by atoms with Gasteiger partial charge in [-0.1, -0.05) is 47.5 Å². The maximum Gasteiger partial charge on any atom is 0.336 e. The molecule has 1 N–H and O–H groups in total. The van der Waals surface area contributed by atoms with Crippen LogP contribution in [0, 0.1) is 0 Å². The van der Waals surface area contributed by atoms with Crippen molar-refractivity contribution >= 4 is 63.6 Å². The molecule has 2 fully saturated rings. The Labute approximate surface area is 286 Å². The number of esters is 2. The number of dihydropyridines is 1. The second kappa shape index (κ2) is 15.8. The molecular formula is C33H37Cl2N3O6S2. The van der Waals surface area contributed by atoms with Crippen LogP contribution in [-0.4, -0.2) is 95.6 Å². The summed E-state index contributed by atoms with van der Waals surface area (Å²) in [6.45, 7) is 2.69. The molecule has 5 rings (SSSR count). The fourth-order valence-corrected chi connectivity index (χ4v) is 9.09. The van der Waals surface area contributed by atoms with Crippen LogP contribution in [0.2, 0.25) is 10.0 Å². The van der Waals surface area contributed by atoms with Crippen molar-refractivity contribution in [3.05, 3.63) is 86.7 Å². The Morgan fingerprint density at radius 1 is 0.870 bits per heavy atom. The van der Waals surface area contributed by atoms with Crippen molar-refractivity contribution in [2.45, 2.75) is 36.1 Å². The lowest BCUT2D eigenvalue weighted by Crippen LogP contribution is -2.53. The highest BCUT2D eigenvalue weighted by atomic mass is 35.5. The van der Waals surface area contributed by atoms with E-state index in [1.54, 1.807) is 47.4 Å². The third-order valence-corrected chi connectivity index (χ3v) is 11.7. The Kier molecular flexibility index (Phi) is 11.9. The van der Waals surface area contributed by atoms with Gasteiger partial charge in [0.25, 0.3) is 0 Å². The standard InChI is InChI=1S/C33H37Cl2N3O6S2/c1-43-32(40)29-25(19-27(39)38-15-13-37(14-16-38)21-11-17-45-18-12-21)36-26(20-46(42)22-7-4-3-5-8-22)30(33(41)44-2)31(29)28-23(34)9-6-10-24(28)35/h3-10,21,31,36H,11-20H2,1-2H3. The van der Waals surface area contributed by atoms with E-state index in [1.807, 2.05) is 17.8 Å². The summed E-state index contributed by atoms with van der Waals surface area (Å²) >= 11 is 15.4. The highest BCUT2D eigenvalue weighted by molar-refractivity contribution is 7.99. The van der Waals surface area contributed by atoms with E-state index >= 15 is 0 Å². The normalized spacial score (nSPS) is 20.3. The average molecular weight is 707 g/mol. The molecule has 3 aliphatic rings. The third kappa shape index (κ3) is 7.65. The molecule has 9 nitrogen and oxygen atoms in total. The van der Waals surface area contributed by atoms with Crippen LogP contribution in [-0.2, 0) is 34.7 Å². The first-order chi connectivity index (χ1) is 22.2. The van der Waals surface area contributed by atoms with E-state index in [0.29, 0.717) is 24.0 Å². The minimum atomic E-state index is -1.60. The van der Waals surface area contributed by atoms with Crippen LogP contribution in [0.5, 0.6) is 0 Å². The van der Waals surface area contributed by atoms with E-state index in [4.69, 9.17) is 32.7 Å². The quantitative estimate of drug-likeness (QED) is 0.370. The van der Waals surface area contributed by atoms with Gasteiger partial charge in [-0.2, -0.15) is 11.8 Å². The number of hydrogen-bond acceptors (Lipinski definition) is 9. The number of nitrogens with one attached hydrogen (secondary N) is 1. The smallest absolute Gasteiger partial charge is 0.336 e. The molecule has 2 unspecified atom stereocenters. The summed E-state index contributed by atoms with van der Waals surface area (Å²) in [4.78, 5) is 45.8. The molecule has 0 aromatic heterocycles. The number of thioether (sulfide) groups is 1. The van der Waals surface area contributed by atoms with Crippen molar-refractivity contribution in [1.82, 2.24) is 15.1 Å². The summed E-state index contributed by atoms with van der Waals surface area (Å²) in [7, 11) is 0.848. The van der Waals surface area contributed by atoms with Crippen molar-refractivity contribution in [3.63, 3.8) is 0 Å². The maximum absolute atomic E-state index is 13.9. The number of methoxy groups -OCH3 is 2. The Balaban J connectivity index is 1.54. The van der Waals surface area contributed by atoms with Gasteiger partial charge < -0.3 is 19.7 Å². The summed E-state index contributed by atoms with van der Waals surface area (Å²) in [5.41, 5.74) is 0.777. The molecular weight excluding hydrogens is 669 g/mol. The third-order valence-electron chi connectivity index (χ3n) is 8.61. The van der Waals surface area contributed by atoms with E-state index in [-0.39, 0.29) is 56.2 Å². The molecule has 0 radical (unpaired) electrons. The molecule has 2 atom stereocenters. The van der Waals surface area contributed by atoms with Crippen molar-refractivity contribution in [3.8, 4) is 0 Å². The minimum absolute atomic E-state index is 0.0117. The summed E-state index contributed by atoms with van der Waals surface area (Å²) in [6, 6.07) is 14.2. The first kappa shape index (κ1) is 34.5. The first-order valence-corrected chi connectivity index (χ1v) is 18.3. The van der Waals surface area contributed by atoms with Gasteiger partial charge in [-0.05, 0) is 48.6 Å². The van der Waals surface area contributed by atoms with Gasteiger partial charge in [-0.3, -0.25) is 13.9 Å². The van der Waals surface area contributed by atoms with Crippen LogP contribution in [0.4, 0.5) is 0 Å². The van der Waals surface area contributed by atoms with Crippen molar-refractivity contribution in [2.75, 3.05) is 57.7 Å². The van der Waals surface area contributed by atoms with E-state index < -0.39 is 28.7 Å². The zero-order valence-electron chi connectivity index (χ0n) is 25.8. The number of rotatable bonds is 9. The summed E-state index contributed by atoms with van der Waals surface area (Å²) in [5.74, 6) is -0.675. The Hall–Kier alpha value is -2.83. The number of amides is 1. The molecule has 46 heavy (non-hydrogen) atoms. The van der Waals surface area contributed by atoms with Gasteiger partial charge in [-0.15, -0.1) is 0 Å². The molecule has 246 valence electrons. The highest BCUT2D eigenvalue weighted by Crippen LogP contribution is 2.45. The van der Waals surface area contributed by atoms with Crippen molar-refractivity contribution < 1.29 is 28.1 Å². The molecule has 13 heteroatoms. The molecule has 0 aliphatic carbocycles. The average Bonchev–Trinajstić information content (AvgIpc) is 3.08. The molecule has 2 saturated heterocycles. The summed E-state index contributed by atoms with van der Waals surface area (Å²) < 4.78 is 24.0. The lowest BCUT2D eigenvalue weighted by molar-refractivity contribution is -0.137. The van der Waals surface area contributed by atoms with Gasteiger partial charge in [0.2, 0.25) is 5.91 Å². The number of carbonyl (C=O) groups excluding carboxylic acids is 3. The fourth-order valence-electron chi connectivity index (χ4n) is 6.28. The zero-order valence-corrected chi connectivity index (χ0v) is 28.9. The lowest BCUT2D eigenvalue weighted by atomic mass is 9.79. The van der Waals surface area contributed by atoms with Gasteiger partial charge in [0.1, 0.15) is 0 Å². The monoisotopic (exact) mass is 705 g/mol. The van der Waals surface area contributed by atoms with Gasteiger partial charge in [-0.25, -0.2) is 9.59 Å². The SMILES string of the molecule is COC(=O)C1=C(CC(=O)N2CCN(C3CCSCC3)CC2)NC(CS(=O)c2ccccc2)=C(C(=O)OC)C1c1c(Cl)cccc1Cl. The van der Waals surface area contributed by atoms with Crippen LogP contribution in [0.1, 0.15) is 30.7 Å². The zero-order chi connectivity index (χ0) is 32.8. The Morgan fingerprint density at radius 3 is 2.04 bits per heavy atom. The highest BCUT2D eigenvalue weighted by Gasteiger charge is 2.42. The molecule has 2 aromatic carbocycles. The maximum atomic E-state index is 13.9. The van der Waals surface area contributed by atoms with Crippen LogP contribution in [0.25, 0.3) is 0 Å². The number of benzene rings is 2. The van der Waals surface area contributed by atoms with Gasteiger partial charge in [0.15, 0.2) is 0 Å². The van der Waals surface area contributed by atoms with E-state index in [1.165, 1.54) is 14.2 Å². The molecule has 0 bridgehead atoms. The molecule has 0 spiro atoms. The summed E-state index contributed by atoms with van der Waals surface area (Å²) in [5, 5.41) is 3.58. The predicted octanol–water partition coefficient (Wildman–Crippen LogP) is 4.77. The number of piperazine rings is 1. The van der Waals surface area contributed by atoms with Gasteiger partial charge in [0, 0.05) is 64.1 Å². The van der Waals surface area contributed by atoms with E-state index in [0.717, 1.165) is 37.4 Å². The Bertz CT molecular complexity index is 1530. The molecule has 3 aliphatic heterocycles. The molecule has 0 saturated carbocycles. The lowest BCUT2D eigenvalue weighted by Gasteiger charge is -2.41. The van der Waals surface area contributed by atoms with Crippen molar-refractivity contribution in [1.29, 1.82) is 0 Å². The van der Waals surface area contributed by atoms with E-state index in [2.05, 4.69) is 10.2 Å². The fraction of sp³-hybridized carbons (Fsp3) is 0.424. The van der Waals surface area contributed by atoms with Crippen LogP contribution in [0.3, 0.4) is 0 Å². The van der Waals surface area contributed by atoms with Crippen LogP contribution >= 0.6 is 35.0 Å². The predicted molar refractivity (Wildman–Crippen MR) is 181 cm³/mol. The summed E-state index contributed by atoms with van der Waals surface area (Å²) in [6.07, 6.45) is 2.14. The van der Waals surface area contributed by atoms with Crippen LogP contribution in [0.15, 0.2) is 76.0 Å². The number of ether oxygens (including phenoxy) is 2. The number of nitrogens with zero attached hydrogens (tertiary/aromatic N) is 2. The minimum Gasteiger partial charge on any atom is -0.466 e. The topological polar surface area (TPSA) is 105 Å². The molecule has 1 amide bonds. The Morgan fingerprint density at radius 2 is 1.46 bits per heavy atom. The van der Waals surface area contributed by atoms with Crippen LogP contribution < -0.4 is 5.32 Å². The number of hydrogen-bond donors (Lipinski definition) is 1. The second-order valence-electron chi connectivity index (χ2n) is 11.2. The molecule has 2 aromatic rings. The number of carbonyl (C=O) groups is 3. The largest absolute Gasteiger partial charge is 0.466 e. The van der Waals surface area contributed by atoms with Gasteiger partial charge >= 0.3 is 11.9 Å². The van der Waals surface area contributed by atoms with E-state index in [9.17, 15) is 18.6 Å². The molecule has 3 heterocycles. The second-order valence-corrected chi connectivity index (χ2v) is 14.7. The van der Waals surface area contributed by atoms with Gasteiger partial charge in [0.05, 0.1) is 54.3 Å².